The quantitative estimate of drug-likeness (QED) is 0.0525. The number of carbonyl (C=O) groups is 5. The van der Waals surface area contributed by atoms with Crippen LogP contribution in [0.25, 0.3) is 20.5 Å². The van der Waals surface area contributed by atoms with Crippen molar-refractivity contribution in [3.63, 3.8) is 0 Å². The zero-order valence-corrected chi connectivity index (χ0v) is 31.5. The van der Waals surface area contributed by atoms with Crippen molar-refractivity contribution in [1.82, 2.24) is 4.90 Å². The monoisotopic (exact) mass is 759 g/mol. The minimum Gasteiger partial charge on any atom is -0.508 e. The summed E-state index contributed by atoms with van der Waals surface area (Å²) < 4.78 is 27.5. The van der Waals surface area contributed by atoms with Crippen molar-refractivity contribution in [2.24, 2.45) is 5.92 Å². The van der Waals surface area contributed by atoms with Gasteiger partial charge in [-0.15, -0.1) is 11.3 Å². The lowest BCUT2D eigenvalue weighted by Crippen LogP contribution is -2.33. The van der Waals surface area contributed by atoms with Gasteiger partial charge >= 0.3 is 23.9 Å². The molecule has 12 nitrogen and oxygen atoms in total. The molecule has 1 N–H and O–H groups in total. The Morgan fingerprint density at radius 1 is 0.796 bits per heavy atom. The topological polar surface area (TPSA) is 155 Å². The van der Waals surface area contributed by atoms with E-state index < -0.39 is 35.9 Å². The van der Waals surface area contributed by atoms with Crippen molar-refractivity contribution < 1.29 is 52.8 Å². The Balaban J connectivity index is 1.25. The number of hydrogen-bond acceptors (Lipinski definition) is 13. The number of piperidine rings is 1. The average Bonchev–Trinajstić information content (AvgIpc) is 3.52. The number of rotatable bonds is 17. The molecule has 1 saturated heterocycles. The second-order valence-electron chi connectivity index (χ2n) is 13.3. The van der Waals surface area contributed by atoms with E-state index in [1.165, 1.54) is 44.4 Å². The molecule has 2 heterocycles. The maximum absolute atomic E-state index is 14.1. The molecule has 1 unspecified atom stereocenters. The van der Waals surface area contributed by atoms with Gasteiger partial charge in [-0.3, -0.25) is 28.9 Å². The Hall–Kier alpha value is -5.27. The van der Waals surface area contributed by atoms with Crippen LogP contribution in [0.4, 0.5) is 0 Å². The summed E-state index contributed by atoms with van der Waals surface area (Å²) in [6.07, 6.45) is 2.50. The number of ether oxygens (including phenoxy) is 5. The molecule has 1 fully saturated rings. The lowest BCUT2D eigenvalue weighted by Gasteiger charge is -2.26. The van der Waals surface area contributed by atoms with Crippen LogP contribution < -0.4 is 9.47 Å². The van der Waals surface area contributed by atoms with Gasteiger partial charge in [0.15, 0.2) is 11.9 Å². The minimum atomic E-state index is -0.988. The smallest absolute Gasteiger partial charge is 0.311 e. The van der Waals surface area contributed by atoms with Gasteiger partial charge in [-0.25, -0.2) is 0 Å². The molecule has 286 valence electrons. The first kappa shape index (κ1) is 39.9. The maximum atomic E-state index is 14.1. The summed E-state index contributed by atoms with van der Waals surface area (Å²) in [5.41, 5.74) is 1.73. The van der Waals surface area contributed by atoms with Gasteiger partial charge in [0.1, 0.15) is 37.1 Å². The molecule has 1 aliphatic rings. The largest absolute Gasteiger partial charge is 0.508 e. The van der Waals surface area contributed by atoms with E-state index in [1.807, 2.05) is 0 Å². The number of fused-ring (bicyclic) bond motifs is 1. The first-order valence-electron chi connectivity index (χ1n) is 18.0. The fraction of sp³-hybridized carbons (Fsp3) is 0.390. The van der Waals surface area contributed by atoms with Crippen LogP contribution in [0.1, 0.15) is 68.8 Å². The van der Waals surface area contributed by atoms with Gasteiger partial charge in [0, 0.05) is 59.3 Å². The zero-order chi connectivity index (χ0) is 38.6. The standard InChI is InChI=1S/C41H45NO11S/c1-26(22-38(47)53-34(24-50-27(2)43)25-51-28(3)44)21-37(46)52-33-15-16-35-36(23-33)54-41(30-7-11-31(45)12-8-30)39(35)40(48)29-9-13-32(14-10-29)49-20-19-42-17-5-4-6-18-42/h7-16,23,26,34,45H,4-6,17-22,24-25H2,1-3H3. The summed E-state index contributed by atoms with van der Waals surface area (Å²) in [6.45, 7) is 7.17. The fourth-order valence-corrected chi connectivity index (χ4v) is 7.32. The van der Waals surface area contributed by atoms with Gasteiger partial charge in [-0.05, 0) is 104 Å². The molecule has 3 aromatic carbocycles. The van der Waals surface area contributed by atoms with Gasteiger partial charge in [0.05, 0.1) is 0 Å². The van der Waals surface area contributed by atoms with Crippen LogP contribution >= 0.6 is 11.3 Å². The number of phenolic OH excluding ortho intramolecular Hbond substituents is 1. The molecule has 13 heteroatoms. The summed E-state index contributed by atoms with van der Waals surface area (Å²) in [4.78, 5) is 65.1. The Kier molecular flexibility index (Phi) is 14.2. The number of thiophene rings is 1. The molecule has 5 rings (SSSR count). The Morgan fingerprint density at radius 2 is 1.43 bits per heavy atom. The van der Waals surface area contributed by atoms with Crippen molar-refractivity contribution in [3.05, 3.63) is 77.9 Å². The Bertz CT molecular complexity index is 1910. The van der Waals surface area contributed by atoms with Gasteiger partial charge in [0.2, 0.25) is 0 Å². The Labute approximate surface area is 317 Å². The summed E-state index contributed by atoms with van der Waals surface area (Å²) in [7, 11) is 0. The molecule has 0 amide bonds. The van der Waals surface area contributed by atoms with Crippen LogP contribution in [0.5, 0.6) is 17.2 Å². The van der Waals surface area contributed by atoms with Crippen molar-refractivity contribution in [3.8, 4) is 27.7 Å². The van der Waals surface area contributed by atoms with Crippen molar-refractivity contribution in [2.45, 2.75) is 59.0 Å². The first-order valence-corrected chi connectivity index (χ1v) is 18.8. The number of nitrogens with zero attached hydrogens (tertiary/aromatic N) is 1. The average molecular weight is 760 g/mol. The van der Waals surface area contributed by atoms with E-state index in [-0.39, 0.29) is 43.3 Å². The summed E-state index contributed by atoms with van der Waals surface area (Å²) >= 11 is 1.37. The molecule has 4 aromatic rings. The van der Waals surface area contributed by atoms with Crippen LogP contribution in [-0.4, -0.2) is 85.2 Å². The van der Waals surface area contributed by atoms with Crippen LogP contribution in [-0.2, 0) is 33.4 Å². The van der Waals surface area contributed by atoms with E-state index in [1.54, 1.807) is 73.7 Å². The van der Waals surface area contributed by atoms with Crippen LogP contribution in [0.3, 0.4) is 0 Å². The van der Waals surface area contributed by atoms with Crippen LogP contribution in [0.2, 0.25) is 0 Å². The molecule has 0 saturated carbocycles. The van der Waals surface area contributed by atoms with Crippen molar-refractivity contribution >= 4 is 51.1 Å². The third kappa shape index (κ3) is 11.6. The van der Waals surface area contributed by atoms with Gasteiger partial charge < -0.3 is 28.8 Å². The fourth-order valence-electron chi connectivity index (χ4n) is 6.09. The lowest BCUT2D eigenvalue weighted by molar-refractivity contribution is -0.166. The highest BCUT2D eigenvalue weighted by Crippen LogP contribution is 2.42. The first-order chi connectivity index (χ1) is 25.9. The van der Waals surface area contributed by atoms with E-state index in [0.29, 0.717) is 38.4 Å². The van der Waals surface area contributed by atoms with E-state index in [2.05, 4.69) is 4.90 Å². The van der Waals surface area contributed by atoms with E-state index in [0.717, 1.165) is 25.2 Å². The second kappa shape index (κ2) is 19.2. The minimum absolute atomic E-state index is 0.101. The molecular formula is C41H45NO11S. The van der Waals surface area contributed by atoms with Crippen molar-refractivity contribution in [1.29, 1.82) is 0 Å². The summed E-state index contributed by atoms with van der Waals surface area (Å²) in [5, 5.41) is 10.6. The number of benzene rings is 3. The van der Waals surface area contributed by atoms with Gasteiger partial charge in [-0.2, -0.15) is 0 Å². The number of ketones is 1. The van der Waals surface area contributed by atoms with E-state index >= 15 is 0 Å². The highest BCUT2D eigenvalue weighted by molar-refractivity contribution is 7.22. The van der Waals surface area contributed by atoms with Crippen molar-refractivity contribution in [2.75, 3.05) is 39.5 Å². The maximum Gasteiger partial charge on any atom is 0.311 e. The highest BCUT2D eigenvalue weighted by Gasteiger charge is 2.24. The molecular weight excluding hydrogens is 715 g/mol. The molecule has 0 aliphatic carbocycles. The van der Waals surface area contributed by atoms with E-state index in [9.17, 15) is 29.1 Å². The number of esters is 4. The SMILES string of the molecule is CC(=O)OCC(COC(C)=O)OC(=O)CC(C)CC(=O)Oc1ccc2c(C(=O)c3ccc(OCCN4CCCCC4)cc3)c(-c3ccc(O)cc3)sc2c1. The third-order valence-corrected chi connectivity index (χ3v) is 9.97. The van der Waals surface area contributed by atoms with Gasteiger partial charge in [-0.1, -0.05) is 13.3 Å². The van der Waals surface area contributed by atoms with Crippen LogP contribution in [0.15, 0.2) is 66.7 Å². The molecule has 0 spiro atoms. The van der Waals surface area contributed by atoms with E-state index in [4.69, 9.17) is 23.7 Å². The molecule has 1 aromatic heterocycles. The number of hydrogen-bond donors (Lipinski definition) is 1. The summed E-state index contributed by atoms with van der Waals surface area (Å²) in [5.74, 6) is -1.97. The lowest BCUT2D eigenvalue weighted by atomic mass is 9.97. The summed E-state index contributed by atoms with van der Waals surface area (Å²) in [6, 6.07) is 18.8. The normalized spacial score (nSPS) is 13.6. The molecule has 0 radical (unpaired) electrons. The predicted molar refractivity (Wildman–Crippen MR) is 202 cm³/mol. The second-order valence-corrected chi connectivity index (χ2v) is 14.4. The number of phenols is 1. The number of carbonyl (C=O) groups excluding carboxylic acids is 5. The highest BCUT2D eigenvalue weighted by atomic mass is 32.1. The Morgan fingerprint density at radius 3 is 2.07 bits per heavy atom. The van der Waals surface area contributed by atoms with Crippen LogP contribution in [0, 0.1) is 5.92 Å². The molecule has 54 heavy (non-hydrogen) atoms. The molecule has 1 atom stereocenters. The number of likely N-dealkylation sites (tertiary alicyclic amines) is 1. The predicted octanol–water partition coefficient (Wildman–Crippen LogP) is 6.73. The van der Waals surface area contributed by atoms with Gasteiger partial charge in [0.25, 0.3) is 0 Å². The molecule has 1 aliphatic heterocycles. The number of aromatic hydroxyl groups is 1. The molecule has 0 bridgehead atoms. The zero-order valence-electron chi connectivity index (χ0n) is 30.7. The third-order valence-electron chi connectivity index (χ3n) is 8.76.